The van der Waals surface area contributed by atoms with Gasteiger partial charge in [-0.15, -0.1) is 0 Å². The lowest BCUT2D eigenvalue weighted by Crippen LogP contribution is -2.47. The molecule has 9 nitrogen and oxygen atoms in total. The zero-order chi connectivity index (χ0) is 25.7. The highest BCUT2D eigenvalue weighted by atomic mass is 16.5. The van der Waals surface area contributed by atoms with Crippen LogP contribution in [0.3, 0.4) is 0 Å². The van der Waals surface area contributed by atoms with Crippen LogP contribution in [-0.4, -0.2) is 96.1 Å². The largest absolute Gasteiger partial charge is 0.388 e. The molecule has 3 aliphatic heterocycles. The zero-order valence-corrected chi connectivity index (χ0v) is 21.4. The van der Waals surface area contributed by atoms with E-state index >= 15 is 0 Å². The first-order valence-electron chi connectivity index (χ1n) is 14.0. The van der Waals surface area contributed by atoms with Gasteiger partial charge in [0, 0.05) is 43.5 Å². The molecule has 5 fully saturated rings. The maximum Gasteiger partial charge on any atom is 0.249 e. The van der Waals surface area contributed by atoms with E-state index in [0.717, 1.165) is 70.0 Å². The minimum absolute atomic E-state index is 0.0509. The van der Waals surface area contributed by atoms with Crippen LogP contribution in [-0.2, 0) is 14.3 Å². The van der Waals surface area contributed by atoms with E-state index in [1.807, 2.05) is 12.1 Å². The predicted molar refractivity (Wildman–Crippen MR) is 137 cm³/mol. The molecular formula is C28H38N4O5. The number of carbonyl (C=O) groups excluding carboxylic acids is 3. The van der Waals surface area contributed by atoms with E-state index in [-0.39, 0.29) is 30.8 Å². The van der Waals surface area contributed by atoms with Gasteiger partial charge in [-0.25, -0.2) is 0 Å². The third-order valence-corrected chi connectivity index (χ3v) is 9.21. The van der Waals surface area contributed by atoms with Crippen molar-refractivity contribution in [3.63, 3.8) is 0 Å². The first-order chi connectivity index (χ1) is 17.9. The number of carbonyl (C=O) groups is 3. The number of anilines is 1. The molecule has 1 aromatic carbocycles. The van der Waals surface area contributed by atoms with Crippen LogP contribution >= 0.6 is 0 Å². The quantitative estimate of drug-likeness (QED) is 0.592. The van der Waals surface area contributed by atoms with Crippen molar-refractivity contribution < 1.29 is 24.2 Å². The summed E-state index contributed by atoms with van der Waals surface area (Å²) >= 11 is 0. The fraction of sp³-hybridized carbons (Fsp3) is 0.679. The second-order valence-electron chi connectivity index (χ2n) is 11.5. The molecule has 5 aliphatic rings. The summed E-state index contributed by atoms with van der Waals surface area (Å²) in [5.41, 5.74) is 7.89. The molecule has 2 saturated carbocycles. The molecule has 37 heavy (non-hydrogen) atoms. The molecule has 1 aromatic rings. The van der Waals surface area contributed by atoms with Gasteiger partial charge in [0.15, 0.2) is 5.78 Å². The van der Waals surface area contributed by atoms with E-state index in [2.05, 4.69) is 9.80 Å². The van der Waals surface area contributed by atoms with E-state index in [1.54, 1.807) is 6.07 Å². The molecule has 2 aliphatic carbocycles. The molecule has 3 N–H and O–H groups in total. The molecule has 6 rings (SSSR count). The number of aliphatic hydroxyl groups excluding tert-OH is 1. The molecule has 0 spiro atoms. The number of hydrogen-bond donors (Lipinski definition) is 2. The Morgan fingerprint density at radius 2 is 1.76 bits per heavy atom. The zero-order valence-electron chi connectivity index (χ0n) is 21.4. The van der Waals surface area contributed by atoms with Gasteiger partial charge in [-0.3, -0.25) is 19.3 Å². The number of piperazine rings is 1. The van der Waals surface area contributed by atoms with Crippen molar-refractivity contribution in [1.29, 1.82) is 0 Å². The normalized spacial score (nSPS) is 30.0. The minimum atomic E-state index is -0.892. The number of likely N-dealkylation sites (tertiary alicyclic amines) is 1. The topological polar surface area (TPSA) is 116 Å². The fourth-order valence-corrected chi connectivity index (χ4v) is 7.11. The van der Waals surface area contributed by atoms with Crippen LogP contribution in [0, 0.1) is 5.92 Å². The second kappa shape index (κ2) is 10.0. The van der Waals surface area contributed by atoms with E-state index in [0.29, 0.717) is 11.1 Å². The van der Waals surface area contributed by atoms with Crippen molar-refractivity contribution in [1.82, 2.24) is 9.80 Å². The number of ether oxygens (including phenoxy) is 1. The minimum Gasteiger partial charge on any atom is -0.388 e. The first kappa shape index (κ1) is 24.8. The molecule has 3 saturated heterocycles. The van der Waals surface area contributed by atoms with E-state index in [9.17, 15) is 19.5 Å². The second-order valence-corrected chi connectivity index (χ2v) is 11.5. The van der Waals surface area contributed by atoms with Gasteiger partial charge in [-0.2, -0.15) is 0 Å². The molecule has 2 amide bonds. The molecule has 0 bridgehead atoms. The summed E-state index contributed by atoms with van der Waals surface area (Å²) in [5.74, 6) is -1.46. The number of Topliss-reactive ketones (excluding diaryl/α,β-unsaturated/α-hetero) is 1. The highest BCUT2D eigenvalue weighted by molar-refractivity contribution is 5.99. The first-order valence-corrected chi connectivity index (χ1v) is 14.0. The van der Waals surface area contributed by atoms with Crippen LogP contribution in [0.5, 0.6) is 0 Å². The van der Waals surface area contributed by atoms with Crippen molar-refractivity contribution >= 4 is 23.3 Å². The SMILES string of the molecule is NC(=O)c1ccc(N2CCN(C3CC3)CC2)cc1[C@@H](C(=O)N1C[C@H](O)[C@H]2OCC(=O)[C@H]21)C1CCCCC1. The number of rotatable bonds is 6. The Morgan fingerprint density at radius 3 is 2.43 bits per heavy atom. The summed E-state index contributed by atoms with van der Waals surface area (Å²) in [6.07, 6.45) is 5.98. The van der Waals surface area contributed by atoms with Crippen molar-refractivity contribution in [2.45, 2.75) is 75.2 Å². The van der Waals surface area contributed by atoms with Gasteiger partial charge < -0.3 is 25.4 Å². The highest BCUT2D eigenvalue weighted by Crippen LogP contribution is 2.42. The maximum atomic E-state index is 14.3. The van der Waals surface area contributed by atoms with Crippen molar-refractivity contribution in [2.24, 2.45) is 11.7 Å². The maximum absolute atomic E-state index is 14.3. The number of β-amino-alcohol motifs (C(OH)–C–C–N with tert-alkyl or cyclic N) is 1. The lowest BCUT2D eigenvalue weighted by molar-refractivity contribution is -0.139. The molecule has 200 valence electrons. The highest BCUT2D eigenvalue weighted by Gasteiger charge is 2.53. The number of benzene rings is 1. The summed E-state index contributed by atoms with van der Waals surface area (Å²) < 4.78 is 5.52. The number of aliphatic hydroxyl groups is 1. The number of nitrogens with two attached hydrogens (primary N) is 1. The Morgan fingerprint density at radius 1 is 1.03 bits per heavy atom. The number of nitrogens with zero attached hydrogens (tertiary/aromatic N) is 3. The fourth-order valence-electron chi connectivity index (χ4n) is 7.11. The smallest absolute Gasteiger partial charge is 0.249 e. The summed E-state index contributed by atoms with van der Waals surface area (Å²) in [4.78, 5) is 46.0. The van der Waals surface area contributed by atoms with Crippen LogP contribution < -0.4 is 10.6 Å². The number of primary amides is 1. The molecule has 9 heteroatoms. The summed E-state index contributed by atoms with van der Waals surface area (Å²) in [6.45, 7) is 3.82. The van der Waals surface area contributed by atoms with Crippen LogP contribution in [0.1, 0.15) is 66.8 Å². The van der Waals surface area contributed by atoms with Gasteiger partial charge in [0.25, 0.3) is 0 Å². The lowest BCUT2D eigenvalue weighted by Gasteiger charge is -2.38. The molecule has 0 aromatic heterocycles. The van der Waals surface area contributed by atoms with E-state index in [1.165, 1.54) is 17.7 Å². The lowest BCUT2D eigenvalue weighted by atomic mass is 9.74. The average molecular weight is 511 g/mol. The molecular weight excluding hydrogens is 472 g/mol. The molecule has 4 atom stereocenters. The third-order valence-electron chi connectivity index (χ3n) is 9.21. The van der Waals surface area contributed by atoms with Crippen LogP contribution in [0.25, 0.3) is 0 Å². The predicted octanol–water partition coefficient (Wildman–Crippen LogP) is 1.27. The Bertz CT molecular complexity index is 1060. The Balaban J connectivity index is 1.35. The Hall–Kier alpha value is -2.49. The van der Waals surface area contributed by atoms with Crippen molar-refractivity contribution in [3.05, 3.63) is 29.3 Å². The molecule has 3 heterocycles. The Kier molecular flexibility index (Phi) is 6.71. The molecule has 0 radical (unpaired) electrons. The Labute approximate surface area is 217 Å². The molecule has 0 unspecified atom stereocenters. The average Bonchev–Trinajstić information content (AvgIpc) is 3.61. The number of amides is 2. The monoisotopic (exact) mass is 510 g/mol. The summed E-state index contributed by atoms with van der Waals surface area (Å²) in [5, 5.41) is 10.6. The summed E-state index contributed by atoms with van der Waals surface area (Å²) in [7, 11) is 0. The summed E-state index contributed by atoms with van der Waals surface area (Å²) in [6, 6.07) is 5.70. The number of ketones is 1. The number of hydrogen-bond acceptors (Lipinski definition) is 7. The van der Waals surface area contributed by atoms with Crippen LogP contribution in [0.2, 0.25) is 0 Å². The standard InChI is InChI=1S/C28H38N4O5/c29-27(35)20-9-8-19(31-12-10-30(11-13-31)18-6-7-18)14-21(20)24(17-4-2-1-3-5-17)28(36)32-15-22(33)26-25(32)23(34)16-37-26/h8-9,14,17-18,22,24-26,33H,1-7,10-13,15-16H2,(H2,29,35)/t22-,24-,25+,26+/m0/s1. The van der Waals surface area contributed by atoms with Gasteiger partial charge in [-0.1, -0.05) is 19.3 Å². The van der Waals surface area contributed by atoms with Gasteiger partial charge in [0.05, 0.1) is 12.5 Å². The van der Waals surface area contributed by atoms with Crippen molar-refractivity contribution in [2.75, 3.05) is 44.2 Å². The van der Waals surface area contributed by atoms with Gasteiger partial charge in [0.2, 0.25) is 11.8 Å². The van der Waals surface area contributed by atoms with Gasteiger partial charge >= 0.3 is 0 Å². The third kappa shape index (κ3) is 4.66. The van der Waals surface area contributed by atoms with E-state index in [4.69, 9.17) is 10.5 Å². The van der Waals surface area contributed by atoms with Crippen LogP contribution in [0.15, 0.2) is 18.2 Å². The number of fused-ring (bicyclic) bond motifs is 1. The van der Waals surface area contributed by atoms with E-state index < -0.39 is 30.1 Å². The van der Waals surface area contributed by atoms with Gasteiger partial charge in [-0.05, 0) is 55.4 Å². The van der Waals surface area contributed by atoms with Crippen molar-refractivity contribution in [3.8, 4) is 0 Å². The van der Waals surface area contributed by atoms with Gasteiger partial charge in [0.1, 0.15) is 24.9 Å². The van der Waals surface area contributed by atoms with Crippen LogP contribution in [0.4, 0.5) is 5.69 Å².